The molecule has 1 fully saturated rings. The van der Waals surface area contributed by atoms with Crippen molar-refractivity contribution in [1.29, 1.82) is 0 Å². The molecule has 1 aromatic rings. The third kappa shape index (κ3) is 4.52. The highest BCUT2D eigenvalue weighted by Crippen LogP contribution is 2.11. The van der Waals surface area contributed by atoms with Gasteiger partial charge in [0.15, 0.2) is 6.29 Å². The minimum atomic E-state index is -0.445. The summed E-state index contributed by atoms with van der Waals surface area (Å²) in [7, 11) is 0. The molecule has 1 saturated heterocycles. The third-order valence-electron chi connectivity index (χ3n) is 3.26. The molecule has 0 atom stereocenters. The number of anilines is 1. The van der Waals surface area contributed by atoms with E-state index in [0.29, 0.717) is 33.0 Å². The van der Waals surface area contributed by atoms with E-state index in [9.17, 15) is 4.79 Å². The fraction of sp³-hybridized carbons (Fsp3) is 0.714. The Kier molecular flexibility index (Phi) is 6.16. The third-order valence-corrected chi connectivity index (χ3v) is 3.26. The molecule has 0 unspecified atom stereocenters. The van der Waals surface area contributed by atoms with Crippen LogP contribution in [-0.4, -0.2) is 55.6 Å². The number of morpholine rings is 1. The molecule has 0 aliphatic carbocycles. The van der Waals surface area contributed by atoms with Gasteiger partial charge in [0.25, 0.3) is 5.56 Å². The van der Waals surface area contributed by atoms with Gasteiger partial charge in [-0.3, -0.25) is 4.79 Å². The molecular formula is C14H23N3O4. The van der Waals surface area contributed by atoms with Gasteiger partial charge < -0.3 is 19.1 Å². The lowest BCUT2D eigenvalue weighted by Crippen LogP contribution is -2.38. The van der Waals surface area contributed by atoms with Gasteiger partial charge >= 0.3 is 0 Å². The van der Waals surface area contributed by atoms with Crippen LogP contribution >= 0.6 is 0 Å². The first kappa shape index (κ1) is 15.9. The normalized spacial score (nSPS) is 15.7. The first-order chi connectivity index (χ1) is 10.2. The molecule has 7 nitrogen and oxygen atoms in total. The number of hydrogen-bond donors (Lipinski definition) is 0. The van der Waals surface area contributed by atoms with Crippen LogP contribution in [0.4, 0.5) is 5.69 Å². The molecule has 1 aliphatic heterocycles. The predicted octanol–water partition coefficient (Wildman–Crippen LogP) is 0.479. The Morgan fingerprint density at radius 2 is 1.95 bits per heavy atom. The van der Waals surface area contributed by atoms with E-state index in [0.717, 1.165) is 18.8 Å². The number of hydrogen-bond acceptors (Lipinski definition) is 6. The maximum absolute atomic E-state index is 12.2. The lowest BCUT2D eigenvalue weighted by Gasteiger charge is -2.28. The SMILES string of the molecule is CCOC(Cn1ncc(N2CCOCC2)cc1=O)OCC. The van der Waals surface area contributed by atoms with Gasteiger partial charge in [0.05, 0.1) is 31.6 Å². The Bertz CT molecular complexity index is 479. The average Bonchev–Trinajstić information content (AvgIpc) is 2.50. The van der Waals surface area contributed by atoms with Crippen LogP contribution in [0, 0.1) is 0 Å². The van der Waals surface area contributed by atoms with Gasteiger partial charge in [-0.05, 0) is 13.8 Å². The highest BCUT2D eigenvalue weighted by atomic mass is 16.7. The molecule has 0 N–H and O–H groups in total. The molecule has 0 radical (unpaired) electrons. The van der Waals surface area contributed by atoms with E-state index >= 15 is 0 Å². The van der Waals surface area contributed by atoms with Crippen molar-refractivity contribution >= 4 is 5.69 Å². The largest absolute Gasteiger partial charge is 0.378 e. The second-order valence-electron chi connectivity index (χ2n) is 4.67. The highest BCUT2D eigenvalue weighted by Gasteiger charge is 2.15. The van der Waals surface area contributed by atoms with E-state index in [1.54, 1.807) is 12.3 Å². The molecule has 21 heavy (non-hydrogen) atoms. The topological polar surface area (TPSA) is 65.8 Å². The highest BCUT2D eigenvalue weighted by molar-refractivity contribution is 5.43. The van der Waals surface area contributed by atoms with Crippen LogP contribution in [0.15, 0.2) is 17.1 Å². The van der Waals surface area contributed by atoms with Gasteiger partial charge in [0, 0.05) is 32.4 Å². The molecule has 0 aromatic carbocycles. The first-order valence-electron chi connectivity index (χ1n) is 7.37. The molecular weight excluding hydrogens is 274 g/mol. The van der Waals surface area contributed by atoms with E-state index in [1.165, 1.54) is 4.68 Å². The van der Waals surface area contributed by atoms with Crippen molar-refractivity contribution in [3.63, 3.8) is 0 Å². The van der Waals surface area contributed by atoms with E-state index in [-0.39, 0.29) is 5.56 Å². The molecule has 1 aliphatic rings. The van der Waals surface area contributed by atoms with Crippen LogP contribution in [0.2, 0.25) is 0 Å². The number of ether oxygens (including phenoxy) is 3. The molecule has 0 bridgehead atoms. The van der Waals surface area contributed by atoms with Crippen LogP contribution in [0.25, 0.3) is 0 Å². The maximum Gasteiger partial charge on any atom is 0.268 e. The summed E-state index contributed by atoms with van der Waals surface area (Å²) in [6, 6.07) is 1.60. The van der Waals surface area contributed by atoms with E-state index in [1.807, 2.05) is 13.8 Å². The lowest BCUT2D eigenvalue weighted by molar-refractivity contribution is -0.145. The van der Waals surface area contributed by atoms with Crippen molar-refractivity contribution in [3.05, 3.63) is 22.6 Å². The van der Waals surface area contributed by atoms with Gasteiger partial charge in [-0.1, -0.05) is 0 Å². The number of aromatic nitrogens is 2. The van der Waals surface area contributed by atoms with Crippen molar-refractivity contribution in [2.24, 2.45) is 0 Å². The summed E-state index contributed by atoms with van der Waals surface area (Å²) in [6.45, 7) is 8.07. The summed E-state index contributed by atoms with van der Waals surface area (Å²) in [5.41, 5.74) is 0.687. The molecule has 0 spiro atoms. The fourth-order valence-corrected chi connectivity index (χ4v) is 2.22. The second kappa shape index (κ2) is 8.11. The minimum absolute atomic E-state index is 0.150. The van der Waals surface area contributed by atoms with Crippen molar-refractivity contribution in [2.45, 2.75) is 26.7 Å². The van der Waals surface area contributed by atoms with E-state index in [2.05, 4.69) is 10.00 Å². The molecule has 2 heterocycles. The van der Waals surface area contributed by atoms with Crippen LogP contribution < -0.4 is 10.5 Å². The number of rotatable bonds is 7. The standard InChI is InChI=1S/C14H23N3O4/c1-3-20-14(21-4-2)11-17-13(18)9-12(10-15-17)16-5-7-19-8-6-16/h9-10,14H,3-8,11H2,1-2H3. The zero-order valence-corrected chi connectivity index (χ0v) is 12.7. The van der Waals surface area contributed by atoms with Crippen LogP contribution in [0.3, 0.4) is 0 Å². The predicted molar refractivity (Wildman–Crippen MR) is 78.6 cm³/mol. The van der Waals surface area contributed by atoms with Crippen LogP contribution in [-0.2, 0) is 20.8 Å². The van der Waals surface area contributed by atoms with Crippen molar-refractivity contribution in [2.75, 3.05) is 44.4 Å². The van der Waals surface area contributed by atoms with E-state index in [4.69, 9.17) is 14.2 Å². The molecule has 2 rings (SSSR count). The quantitative estimate of drug-likeness (QED) is 0.682. The van der Waals surface area contributed by atoms with Gasteiger partial charge in [-0.25, -0.2) is 4.68 Å². The summed E-state index contributed by atoms with van der Waals surface area (Å²) >= 11 is 0. The van der Waals surface area contributed by atoms with Crippen LogP contribution in [0.5, 0.6) is 0 Å². The monoisotopic (exact) mass is 297 g/mol. The maximum atomic E-state index is 12.2. The van der Waals surface area contributed by atoms with Crippen LogP contribution in [0.1, 0.15) is 13.8 Å². The summed E-state index contributed by atoms with van der Waals surface area (Å²) in [5, 5.41) is 4.22. The molecule has 118 valence electrons. The summed E-state index contributed by atoms with van der Waals surface area (Å²) in [4.78, 5) is 14.3. The second-order valence-corrected chi connectivity index (χ2v) is 4.67. The smallest absolute Gasteiger partial charge is 0.268 e. The van der Waals surface area contributed by atoms with Crippen molar-refractivity contribution in [3.8, 4) is 0 Å². The Morgan fingerprint density at radius 1 is 1.29 bits per heavy atom. The zero-order chi connectivity index (χ0) is 15.1. The van der Waals surface area contributed by atoms with Gasteiger partial charge in [0.2, 0.25) is 0 Å². The Morgan fingerprint density at radius 3 is 2.52 bits per heavy atom. The summed E-state index contributed by atoms with van der Waals surface area (Å²) in [6.07, 6.45) is 1.27. The Hall–Kier alpha value is -1.44. The molecule has 1 aromatic heterocycles. The summed E-state index contributed by atoms with van der Waals surface area (Å²) < 4.78 is 17.6. The van der Waals surface area contributed by atoms with Gasteiger partial charge in [-0.2, -0.15) is 5.10 Å². The fourth-order valence-electron chi connectivity index (χ4n) is 2.22. The van der Waals surface area contributed by atoms with Crippen molar-refractivity contribution < 1.29 is 14.2 Å². The summed E-state index contributed by atoms with van der Waals surface area (Å²) in [5.74, 6) is 0. The molecule has 0 saturated carbocycles. The van der Waals surface area contributed by atoms with Gasteiger partial charge in [0.1, 0.15) is 0 Å². The molecule has 0 amide bonds. The minimum Gasteiger partial charge on any atom is -0.378 e. The Balaban J connectivity index is 2.05. The Labute approximate surface area is 124 Å². The van der Waals surface area contributed by atoms with Crippen molar-refractivity contribution in [1.82, 2.24) is 9.78 Å². The number of nitrogens with zero attached hydrogens (tertiary/aromatic N) is 3. The average molecular weight is 297 g/mol. The lowest BCUT2D eigenvalue weighted by atomic mass is 10.3. The van der Waals surface area contributed by atoms with E-state index < -0.39 is 6.29 Å². The first-order valence-corrected chi connectivity index (χ1v) is 7.37. The van der Waals surface area contributed by atoms with Gasteiger partial charge in [-0.15, -0.1) is 0 Å². The zero-order valence-electron chi connectivity index (χ0n) is 12.7. The molecule has 7 heteroatoms.